The zero-order valence-electron chi connectivity index (χ0n) is 9.73. The van der Waals surface area contributed by atoms with Crippen LogP contribution in [-0.2, 0) is 0 Å². The van der Waals surface area contributed by atoms with Crippen molar-refractivity contribution in [3.05, 3.63) is 33.5 Å². The predicted molar refractivity (Wildman–Crippen MR) is 76.6 cm³/mol. The highest BCUT2D eigenvalue weighted by Crippen LogP contribution is 2.34. The Morgan fingerprint density at radius 3 is 2.68 bits per heavy atom. The molecule has 2 rings (SSSR count). The molecule has 100 valence electrons. The van der Waals surface area contributed by atoms with Crippen LogP contribution in [0.3, 0.4) is 0 Å². The first-order valence-corrected chi connectivity index (χ1v) is 7.21. The molecule has 0 N–H and O–H groups in total. The highest BCUT2D eigenvalue weighted by Gasteiger charge is 2.10. The van der Waals surface area contributed by atoms with Gasteiger partial charge in [-0.1, -0.05) is 23.2 Å². The second-order valence-corrected chi connectivity index (χ2v) is 5.47. The van der Waals surface area contributed by atoms with Crippen LogP contribution in [0.15, 0.2) is 28.3 Å². The van der Waals surface area contributed by atoms with Crippen LogP contribution in [0.2, 0.25) is 15.3 Å². The van der Waals surface area contributed by atoms with Crippen LogP contribution in [-0.4, -0.2) is 21.6 Å². The van der Waals surface area contributed by atoms with Gasteiger partial charge in [0.25, 0.3) is 0 Å². The molecule has 8 heteroatoms. The smallest absolute Gasteiger partial charge is 0.321 e. The summed E-state index contributed by atoms with van der Waals surface area (Å²) in [7, 11) is 0. The molecule has 0 spiro atoms. The van der Waals surface area contributed by atoms with Crippen LogP contribution in [0.4, 0.5) is 0 Å². The maximum absolute atomic E-state index is 6.07. The quantitative estimate of drug-likeness (QED) is 0.829. The summed E-state index contributed by atoms with van der Waals surface area (Å²) in [5, 5.41) is 1.60. The van der Waals surface area contributed by atoms with Gasteiger partial charge >= 0.3 is 6.01 Å². The van der Waals surface area contributed by atoms with Crippen molar-refractivity contribution in [1.29, 1.82) is 0 Å². The van der Waals surface area contributed by atoms with E-state index in [-0.39, 0.29) is 11.3 Å². The zero-order valence-corrected chi connectivity index (χ0v) is 12.8. The Morgan fingerprint density at radius 2 is 1.95 bits per heavy atom. The van der Waals surface area contributed by atoms with Crippen molar-refractivity contribution < 1.29 is 4.74 Å². The molecule has 0 unspecified atom stereocenters. The third kappa shape index (κ3) is 4.11. The Labute approximate surface area is 129 Å². The third-order valence-corrected chi connectivity index (χ3v) is 3.70. The standard InChI is InChI=1S/C11H8Cl3N3OS/c1-2-18-10-15-9(14)16-11(17-10)19-8-5-6(12)3-4-7(8)13/h3-5H,2H2,1H3. The molecule has 1 aromatic heterocycles. The van der Waals surface area contributed by atoms with Gasteiger partial charge in [-0.15, -0.1) is 0 Å². The fourth-order valence-corrected chi connectivity index (χ4v) is 2.68. The molecule has 0 bridgehead atoms. The van der Waals surface area contributed by atoms with Crippen LogP contribution < -0.4 is 4.74 Å². The van der Waals surface area contributed by atoms with Crippen molar-refractivity contribution in [2.75, 3.05) is 6.61 Å². The van der Waals surface area contributed by atoms with Crippen molar-refractivity contribution in [2.24, 2.45) is 0 Å². The van der Waals surface area contributed by atoms with E-state index in [1.165, 1.54) is 11.8 Å². The lowest BCUT2D eigenvalue weighted by Gasteiger charge is -2.05. The number of hydrogen-bond acceptors (Lipinski definition) is 5. The Hall–Kier alpha value is -0.750. The SMILES string of the molecule is CCOc1nc(Cl)nc(Sc2cc(Cl)ccc2Cl)n1. The van der Waals surface area contributed by atoms with Gasteiger partial charge in [-0.25, -0.2) is 0 Å². The molecule has 4 nitrogen and oxygen atoms in total. The monoisotopic (exact) mass is 335 g/mol. The predicted octanol–water partition coefficient (Wildman–Crippen LogP) is 4.38. The summed E-state index contributed by atoms with van der Waals surface area (Å²) in [4.78, 5) is 12.7. The van der Waals surface area contributed by atoms with Gasteiger partial charge in [0.2, 0.25) is 5.28 Å². The van der Waals surface area contributed by atoms with Crippen LogP contribution in [0, 0.1) is 0 Å². The summed E-state index contributed by atoms with van der Waals surface area (Å²) in [6.45, 7) is 2.28. The topological polar surface area (TPSA) is 47.9 Å². The number of halogens is 3. The number of rotatable bonds is 4. The largest absolute Gasteiger partial charge is 0.464 e. The summed E-state index contributed by atoms with van der Waals surface area (Å²) < 4.78 is 5.20. The number of benzene rings is 1. The highest BCUT2D eigenvalue weighted by molar-refractivity contribution is 7.99. The molecular weight excluding hydrogens is 329 g/mol. The number of aromatic nitrogens is 3. The van der Waals surface area contributed by atoms with Gasteiger partial charge in [0, 0.05) is 9.92 Å². The van der Waals surface area contributed by atoms with Gasteiger partial charge in [0.15, 0.2) is 5.16 Å². The van der Waals surface area contributed by atoms with E-state index in [1.54, 1.807) is 18.2 Å². The third-order valence-electron chi connectivity index (χ3n) is 1.94. The highest BCUT2D eigenvalue weighted by atomic mass is 35.5. The van der Waals surface area contributed by atoms with Gasteiger partial charge in [0.1, 0.15) is 0 Å². The van der Waals surface area contributed by atoms with Crippen LogP contribution in [0.1, 0.15) is 6.92 Å². The fourth-order valence-electron chi connectivity index (χ4n) is 1.21. The average Bonchev–Trinajstić information content (AvgIpc) is 2.33. The first-order chi connectivity index (χ1) is 9.08. The van der Waals surface area contributed by atoms with Crippen LogP contribution >= 0.6 is 46.6 Å². The number of ether oxygens (including phenoxy) is 1. The maximum atomic E-state index is 6.07. The maximum Gasteiger partial charge on any atom is 0.321 e. The Morgan fingerprint density at radius 1 is 1.16 bits per heavy atom. The lowest BCUT2D eigenvalue weighted by Crippen LogP contribution is -2.00. The molecule has 0 radical (unpaired) electrons. The van der Waals surface area contributed by atoms with Crippen molar-refractivity contribution in [1.82, 2.24) is 15.0 Å². The first-order valence-electron chi connectivity index (χ1n) is 5.25. The van der Waals surface area contributed by atoms with E-state index in [0.717, 1.165) is 4.90 Å². The summed E-state index contributed by atoms with van der Waals surface area (Å²) in [5.74, 6) is 0. The molecule has 1 aromatic carbocycles. The van der Waals surface area contributed by atoms with Crippen LogP contribution in [0.25, 0.3) is 0 Å². The van der Waals surface area contributed by atoms with Crippen molar-refractivity contribution in [2.45, 2.75) is 17.0 Å². The summed E-state index contributed by atoms with van der Waals surface area (Å²) in [6.07, 6.45) is 0. The minimum absolute atomic E-state index is 0.0686. The molecular formula is C11H8Cl3N3OS. The van der Waals surface area contributed by atoms with Crippen LogP contribution in [0.5, 0.6) is 6.01 Å². The fraction of sp³-hybridized carbons (Fsp3) is 0.182. The molecule has 19 heavy (non-hydrogen) atoms. The molecule has 0 aliphatic heterocycles. The summed E-state index contributed by atoms with van der Waals surface area (Å²) in [5.41, 5.74) is 0. The van der Waals surface area contributed by atoms with Gasteiger partial charge in [-0.2, -0.15) is 15.0 Å². The molecule has 0 amide bonds. The van der Waals surface area contributed by atoms with E-state index in [0.29, 0.717) is 21.8 Å². The zero-order chi connectivity index (χ0) is 13.8. The molecule has 0 aliphatic carbocycles. The van der Waals surface area contributed by atoms with Crippen molar-refractivity contribution >= 4 is 46.6 Å². The minimum Gasteiger partial charge on any atom is -0.464 e. The van der Waals surface area contributed by atoms with E-state index in [4.69, 9.17) is 39.5 Å². The van der Waals surface area contributed by atoms with Gasteiger partial charge in [0.05, 0.1) is 11.6 Å². The average molecular weight is 337 g/mol. The second-order valence-electron chi connectivity index (χ2n) is 3.28. The Kier molecular flexibility index (Phi) is 5.10. The summed E-state index contributed by atoms with van der Waals surface area (Å²) >= 11 is 19.0. The van der Waals surface area contributed by atoms with Gasteiger partial charge in [-0.3, -0.25) is 0 Å². The second kappa shape index (κ2) is 6.61. The first kappa shape index (κ1) is 14.7. The van der Waals surface area contributed by atoms with E-state index < -0.39 is 0 Å². The number of nitrogens with zero attached hydrogens (tertiary/aromatic N) is 3. The van der Waals surface area contributed by atoms with E-state index in [9.17, 15) is 0 Å². The molecule has 2 aromatic rings. The lowest BCUT2D eigenvalue weighted by atomic mass is 10.4. The Bertz CT molecular complexity index is 597. The molecule has 0 atom stereocenters. The van der Waals surface area contributed by atoms with Crippen molar-refractivity contribution in [3.8, 4) is 6.01 Å². The van der Waals surface area contributed by atoms with Gasteiger partial charge < -0.3 is 4.74 Å². The van der Waals surface area contributed by atoms with Crippen molar-refractivity contribution in [3.63, 3.8) is 0 Å². The molecule has 1 heterocycles. The molecule has 0 saturated carbocycles. The molecule has 0 fully saturated rings. The molecule has 0 aliphatic rings. The Balaban J connectivity index is 2.29. The normalized spacial score (nSPS) is 10.5. The van der Waals surface area contributed by atoms with E-state index in [1.807, 2.05) is 6.92 Å². The number of hydrogen-bond donors (Lipinski definition) is 0. The van der Waals surface area contributed by atoms with E-state index in [2.05, 4.69) is 15.0 Å². The van der Waals surface area contributed by atoms with Gasteiger partial charge in [-0.05, 0) is 48.5 Å². The minimum atomic E-state index is 0.0686. The lowest BCUT2D eigenvalue weighted by molar-refractivity contribution is 0.307. The van der Waals surface area contributed by atoms with E-state index >= 15 is 0 Å². The molecule has 0 saturated heterocycles. The summed E-state index contributed by atoms with van der Waals surface area (Å²) in [6, 6.07) is 5.33.